The number of halogens is 3. The number of hydrogen-bond acceptors (Lipinski definition) is 2. The molecule has 0 aliphatic carbocycles. The third-order valence-corrected chi connectivity index (χ3v) is 7.12. The summed E-state index contributed by atoms with van der Waals surface area (Å²) in [5.74, 6) is -0.776. The highest BCUT2D eigenvalue weighted by atomic mass is 19.4. The molecule has 2 amide bonds. The molecule has 5 nitrogen and oxygen atoms in total. The van der Waals surface area contributed by atoms with Crippen molar-refractivity contribution in [3.8, 4) is 22.3 Å². The van der Waals surface area contributed by atoms with Crippen molar-refractivity contribution < 1.29 is 22.8 Å². The van der Waals surface area contributed by atoms with Gasteiger partial charge in [0, 0.05) is 30.1 Å². The number of alkyl halides is 3. The smallest absolute Gasteiger partial charge is 0.344 e. The first-order chi connectivity index (χ1) is 20.0. The molecule has 0 spiro atoms. The lowest BCUT2D eigenvalue weighted by Crippen LogP contribution is -2.17. The van der Waals surface area contributed by atoms with Gasteiger partial charge in [0.25, 0.3) is 11.8 Å². The van der Waals surface area contributed by atoms with Gasteiger partial charge in [-0.3, -0.25) is 9.59 Å². The molecule has 0 fully saturated rings. The summed E-state index contributed by atoms with van der Waals surface area (Å²) in [5, 5.41) is 5.78. The molecule has 212 valence electrons. The molecular weight excluding hydrogens is 539 g/mol. The van der Waals surface area contributed by atoms with E-state index < -0.39 is 17.6 Å². The number of anilines is 2. The lowest BCUT2D eigenvalue weighted by Gasteiger charge is -2.12. The average molecular weight is 568 g/mol. The van der Waals surface area contributed by atoms with Crippen molar-refractivity contribution in [2.75, 3.05) is 10.6 Å². The summed E-state index contributed by atoms with van der Waals surface area (Å²) >= 11 is 0. The SMILES string of the molecule is Cc1ccc(-c2ccc(NC(=O)c3c(C)c(NC(=O)c4ccccc4-c4ccc(C(F)(F)F)cc4)cn3C)cc2)cc1. The Morgan fingerprint density at radius 3 is 1.88 bits per heavy atom. The van der Waals surface area contributed by atoms with E-state index in [2.05, 4.69) is 10.6 Å². The highest BCUT2D eigenvalue weighted by Crippen LogP contribution is 2.32. The van der Waals surface area contributed by atoms with Gasteiger partial charge < -0.3 is 15.2 Å². The average Bonchev–Trinajstić information content (AvgIpc) is 3.25. The molecule has 0 bridgehead atoms. The molecule has 8 heteroatoms. The number of amides is 2. The van der Waals surface area contributed by atoms with E-state index >= 15 is 0 Å². The Kier molecular flexibility index (Phi) is 7.72. The molecule has 1 heterocycles. The normalized spacial score (nSPS) is 11.3. The van der Waals surface area contributed by atoms with Crippen LogP contribution in [-0.4, -0.2) is 16.4 Å². The molecule has 0 radical (unpaired) electrons. The number of benzene rings is 4. The third-order valence-electron chi connectivity index (χ3n) is 7.12. The van der Waals surface area contributed by atoms with E-state index in [1.54, 1.807) is 49.0 Å². The van der Waals surface area contributed by atoms with E-state index in [4.69, 9.17) is 0 Å². The lowest BCUT2D eigenvalue weighted by molar-refractivity contribution is -0.137. The van der Waals surface area contributed by atoms with Crippen LogP contribution >= 0.6 is 0 Å². The van der Waals surface area contributed by atoms with Crippen LogP contribution in [0.15, 0.2) is 103 Å². The predicted molar refractivity (Wildman–Crippen MR) is 160 cm³/mol. The Balaban J connectivity index is 1.33. The molecule has 0 aliphatic rings. The number of aryl methyl sites for hydroxylation is 2. The Bertz CT molecular complexity index is 1750. The largest absolute Gasteiger partial charge is 0.416 e. The van der Waals surface area contributed by atoms with Crippen LogP contribution in [0.25, 0.3) is 22.3 Å². The fourth-order valence-corrected chi connectivity index (χ4v) is 4.85. The molecule has 5 aromatic rings. The van der Waals surface area contributed by atoms with Gasteiger partial charge in [0.15, 0.2) is 0 Å². The first-order valence-electron chi connectivity index (χ1n) is 13.2. The minimum absolute atomic E-state index is 0.292. The number of hydrogen-bond donors (Lipinski definition) is 2. The van der Waals surface area contributed by atoms with Crippen LogP contribution in [0.4, 0.5) is 24.5 Å². The van der Waals surface area contributed by atoms with Gasteiger partial charge in [0.2, 0.25) is 0 Å². The van der Waals surface area contributed by atoms with E-state index in [1.807, 2.05) is 55.5 Å². The van der Waals surface area contributed by atoms with Crippen LogP contribution in [0.1, 0.15) is 37.5 Å². The monoisotopic (exact) mass is 567 g/mol. The first kappa shape index (κ1) is 28.4. The second-order valence-corrected chi connectivity index (χ2v) is 10.1. The summed E-state index contributed by atoms with van der Waals surface area (Å²) in [6, 6.07) is 27.1. The van der Waals surface area contributed by atoms with Crippen LogP contribution in [0, 0.1) is 13.8 Å². The Morgan fingerprint density at radius 1 is 0.690 bits per heavy atom. The number of carbonyl (C=O) groups excluding carboxylic acids is 2. The second kappa shape index (κ2) is 11.4. The van der Waals surface area contributed by atoms with Gasteiger partial charge in [0.1, 0.15) is 5.69 Å². The van der Waals surface area contributed by atoms with Gasteiger partial charge in [-0.2, -0.15) is 13.2 Å². The Labute approximate surface area is 241 Å². The molecule has 42 heavy (non-hydrogen) atoms. The number of nitrogens with one attached hydrogen (secondary N) is 2. The highest BCUT2D eigenvalue weighted by molar-refractivity contribution is 6.11. The number of aromatic nitrogens is 1. The molecule has 5 rings (SSSR count). The van der Waals surface area contributed by atoms with Crippen molar-refractivity contribution in [1.29, 1.82) is 0 Å². The van der Waals surface area contributed by atoms with Crippen molar-refractivity contribution in [2.24, 2.45) is 7.05 Å². The number of rotatable bonds is 6. The third kappa shape index (κ3) is 5.98. The summed E-state index contributed by atoms with van der Waals surface area (Å²) in [6.07, 6.45) is -2.79. The Hall–Kier alpha value is -5.11. The second-order valence-electron chi connectivity index (χ2n) is 10.1. The van der Waals surface area contributed by atoms with Gasteiger partial charge in [-0.05, 0) is 66.4 Å². The first-order valence-corrected chi connectivity index (χ1v) is 13.2. The molecule has 0 aliphatic heterocycles. The summed E-state index contributed by atoms with van der Waals surface area (Å²) in [7, 11) is 1.72. The Morgan fingerprint density at radius 2 is 1.26 bits per heavy atom. The maximum atomic E-state index is 13.3. The van der Waals surface area contributed by atoms with Crippen molar-refractivity contribution in [2.45, 2.75) is 20.0 Å². The molecule has 4 aromatic carbocycles. The van der Waals surface area contributed by atoms with Gasteiger partial charge in [-0.15, -0.1) is 0 Å². The van der Waals surface area contributed by atoms with E-state index in [0.717, 1.165) is 23.3 Å². The van der Waals surface area contributed by atoms with Crippen LogP contribution in [0.2, 0.25) is 0 Å². The number of carbonyl (C=O) groups is 2. The van der Waals surface area contributed by atoms with E-state index in [-0.39, 0.29) is 5.91 Å². The fraction of sp³-hybridized carbons (Fsp3) is 0.118. The summed E-state index contributed by atoms with van der Waals surface area (Å²) < 4.78 is 40.7. The maximum absolute atomic E-state index is 13.3. The summed E-state index contributed by atoms with van der Waals surface area (Å²) in [6.45, 7) is 3.78. The fourth-order valence-electron chi connectivity index (χ4n) is 4.85. The quantitative estimate of drug-likeness (QED) is 0.216. The minimum atomic E-state index is -4.45. The van der Waals surface area contributed by atoms with Crippen molar-refractivity contribution in [3.05, 3.63) is 131 Å². The zero-order valence-electron chi connectivity index (χ0n) is 23.2. The zero-order valence-corrected chi connectivity index (χ0v) is 23.2. The molecule has 2 N–H and O–H groups in total. The van der Waals surface area contributed by atoms with Crippen molar-refractivity contribution in [1.82, 2.24) is 4.57 Å². The maximum Gasteiger partial charge on any atom is 0.416 e. The van der Waals surface area contributed by atoms with Gasteiger partial charge in [-0.25, -0.2) is 0 Å². The predicted octanol–water partition coefficient (Wildman–Crippen LogP) is 8.50. The van der Waals surface area contributed by atoms with Crippen molar-refractivity contribution in [3.63, 3.8) is 0 Å². The topological polar surface area (TPSA) is 63.1 Å². The summed E-state index contributed by atoms with van der Waals surface area (Å²) in [4.78, 5) is 26.6. The van der Waals surface area contributed by atoms with Crippen molar-refractivity contribution >= 4 is 23.2 Å². The van der Waals surface area contributed by atoms with Crippen LogP contribution in [-0.2, 0) is 13.2 Å². The zero-order chi connectivity index (χ0) is 30.0. The van der Waals surface area contributed by atoms with E-state index in [9.17, 15) is 22.8 Å². The van der Waals surface area contributed by atoms with Crippen LogP contribution < -0.4 is 10.6 Å². The van der Waals surface area contributed by atoms with Crippen LogP contribution in [0.3, 0.4) is 0 Å². The molecule has 0 saturated carbocycles. The van der Waals surface area contributed by atoms with E-state index in [1.165, 1.54) is 17.7 Å². The number of nitrogens with zero attached hydrogens (tertiary/aromatic N) is 1. The van der Waals surface area contributed by atoms with Gasteiger partial charge in [-0.1, -0.05) is 72.3 Å². The summed E-state index contributed by atoms with van der Waals surface area (Å²) in [5.41, 5.74) is 5.83. The lowest BCUT2D eigenvalue weighted by atomic mass is 9.98. The van der Waals surface area contributed by atoms with Gasteiger partial charge >= 0.3 is 6.18 Å². The molecule has 0 unspecified atom stereocenters. The minimum Gasteiger partial charge on any atom is -0.344 e. The van der Waals surface area contributed by atoms with Crippen LogP contribution in [0.5, 0.6) is 0 Å². The molecular formula is C34H28F3N3O2. The highest BCUT2D eigenvalue weighted by Gasteiger charge is 2.30. The molecule has 0 saturated heterocycles. The van der Waals surface area contributed by atoms with Gasteiger partial charge in [0.05, 0.1) is 11.3 Å². The standard InChI is InChI=1S/C34H28F3N3O2/c1-21-8-10-23(11-9-21)24-14-18-27(19-15-24)38-33(42)31-22(2)30(20-40(31)3)39-32(41)29-7-5-4-6-28(29)25-12-16-26(17-13-25)34(35,36)37/h4-20H,1-3H3,(H,38,42)(H,39,41). The molecule has 0 atom stereocenters. The van der Waals surface area contributed by atoms with E-state index in [0.29, 0.717) is 39.3 Å². The molecule has 1 aromatic heterocycles.